The van der Waals surface area contributed by atoms with E-state index < -0.39 is 15.8 Å². The van der Waals surface area contributed by atoms with E-state index in [0.717, 1.165) is 23.4 Å². The monoisotopic (exact) mass is 464 g/mol. The Hall–Kier alpha value is -3.98. The fourth-order valence-corrected chi connectivity index (χ4v) is 4.36. The summed E-state index contributed by atoms with van der Waals surface area (Å²) in [7, 11) is -3.86. The van der Waals surface area contributed by atoms with Gasteiger partial charge in [0.2, 0.25) is 0 Å². The van der Waals surface area contributed by atoms with Crippen molar-refractivity contribution in [1.82, 2.24) is 9.78 Å². The zero-order valence-corrected chi connectivity index (χ0v) is 18.7. The minimum Gasteiger partial charge on any atom is -0.322 e. The Bertz CT molecular complexity index is 1410. The van der Waals surface area contributed by atoms with Gasteiger partial charge in [-0.3, -0.25) is 9.52 Å². The summed E-state index contributed by atoms with van der Waals surface area (Å²) in [6.07, 6.45) is 1.51. The smallest absolute Gasteiger partial charge is 0.261 e. The second kappa shape index (κ2) is 8.87. The van der Waals surface area contributed by atoms with Gasteiger partial charge < -0.3 is 5.32 Å². The van der Waals surface area contributed by atoms with Crippen molar-refractivity contribution in [3.8, 4) is 5.69 Å². The summed E-state index contributed by atoms with van der Waals surface area (Å²) in [4.78, 5) is 12.7. The van der Waals surface area contributed by atoms with E-state index in [1.54, 1.807) is 16.8 Å². The quantitative estimate of drug-likeness (QED) is 0.433. The minimum atomic E-state index is -3.86. The van der Waals surface area contributed by atoms with E-state index in [0.29, 0.717) is 22.6 Å². The van der Waals surface area contributed by atoms with Gasteiger partial charge in [0.15, 0.2) is 0 Å². The number of nitrogens with zero attached hydrogens (tertiary/aromatic N) is 2. The number of halogens is 1. The molecule has 9 heteroatoms. The lowest BCUT2D eigenvalue weighted by Gasteiger charge is -2.10. The summed E-state index contributed by atoms with van der Waals surface area (Å²) in [5.74, 6) is -0.847. The zero-order chi connectivity index (χ0) is 23.6. The van der Waals surface area contributed by atoms with Crippen LogP contribution in [0.4, 0.5) is 15.8 Å². The van der Waals surface area contributed by atoms with Gasteiger partial charge in [-0.2, -0.15) is 5.10 Å². The van der Waals surface area contributed by atoms with Gasteiger partial charge >= 0.3 is 0 Å². The number of anilines is 2. The number of hydrogen-bond acceptors (Lipinski definition) is 4. The summed E-state index contributed by atoms with van der Waals surface area (Å²) < 4.78 is 42.0. The largest absolute Gasteiger partial charge is 0.322 e. The van der Waals surface area contributed by atoms with Gasteiger partial charge in [0, 0.05) is 11.4 Å². The van der Waals surface area contributed by atoms with Gasteiger partial charge in [0.05, 0.1) is 28.0 Å². The summed E-state index contributed by atoms with van der Waals surface area (Å²) in [6.45, 7) is 3.80. The molecule has 0 aliphatic rings. The van der Waals surface area contributed by atoms with Crippen LogP contribution in [0.15, 0.2) is 83.9 Å². The molecule has 0 unspecified atom stereocenters. The van der Waals surface area contributed by atoms with E-state index in [9.17, 15) is 17.6 Å². The molecule has 33 heavy (non-hydrogen) atoms. The van der Waals surface area contributed by atoms with Crippen molar-refractivity contribution in [2.24, 2.45) is 0 Å². The SMILES string of the molecule is Cc1cccc(-n2ncc(C(=O)Nc3ccc(NS(=O)(=O)c4ccc(F)cc4)cc3)c2C)c1. The molecule has 0 saturated heterocycles. The lowest BCUT2D eigenvalue weighted by molar-refractivity contribution is 0.102. The van der Waals surface area contributed by atoms with Gasteiger partial charge in [-0.25, -0.2) is 17.5 Å². The molecule has 7 nitrogen and oxygen atoms in total. The van der Waals surface area contributed by atoms with Gasteiger partial charge in [0.25, 0.3) is 15.9 Å². The van der Waals surface area contributed by atoms with Crippen LogP contribution in [0.25, 0.3) is 5.69 Å². The molecule has 3 aromatic carbocycles. The Morgan fingerprint density at radius 2 is 1.61 bits per heavy atom. The average Bonchev–Trinajstić information content (AvgIpc) is 3.17. The van der Waals surface area contributed by atoms with Gasteiger partial charge in [-0.05, 0) is 80.1 Å². The number of carbonyl (C=O) groups excluding carboxylic acids is 1. The molecule has 0 bridgehead atoms. The number of benzene rings is 3. The van der Waals surface area contributed by atoms with Crippen LogP contribution >= 0.6 is 0 Å². The lowest BCUT2D eigenvalue weighted by atomic mass is 10.2. The van der Waals surface area contributed by atoms with E-state index in [2.05, 4.69) is 15.1 Å². The molecule has 0 fully saturated rings. The summed E-state index contributed by atoms with van der Waals surface area (Å²) in [5, 5.41) is 7.13. The predicted molar refractivity (Wildman–Crippen MR) is 125 cm³/mol. The van der Waals surface area contributed by atoms with Crippen LogP contribution in [-0.4, -0.2) is 24.1 Å². The molecule has 0 saturated carbocycles. The lowest BCUT2D eigenvalue weighted by Crippen LogP contribution is -2.14. The Morgan fingerprint density at radius 3 is 2.27 bits per heavy atom. The molecule has 168 valence electrons. The first kappa shape index (κ1) is 22.2. The molecule has 4 aromatic rings. The number of carbonyl (C=O) groups is 1. The van der Waals surface area contributed by atoms with Crippen LogP contribution in [0.5, 0.6) is 0 Å². The fraction of sp³-hybridized carbons (Fsp3) is 0.0833. The third kappa shape index (κ3) is 4.93. The van der Waals surface area contributed by atoms with Crippen LogP contribution < -0.4 is 10.0 Å². The van der Waals surface area contributed by atoms with Crippen LogP contribution in [0.1, 0.15) is 21.6 Å². The second-order valence-corrected chi connectivity index (χ2v) is 9.17. The maximum atomic E-state index is 13.0. The molecule has 0 aliphatic carbocycles. The number of rotatable bonds is 6. The van der Waals surface area contributed by atoms with Crippen LogP contribution in [0, 0.1) is 19.7 Å². The van der Waals surface area contributed by atoms with Gasteiger partial charge in [-0.15, -0.1) is 0 Å². The van der Waals surface area contributed by atoms with Gasteiger partial charge in [0.1, 0.15) is 5.82 Å². The summed E-state index contributed by atoms with van der Waals surface area (Å²) >= 11 is 0. The van der Waals surface area contributed by atoms with E-state index in [1.807, 2.05) is 38.1 Å². The highest BCUT2D eigenvalue weighted by Gasteiger charge is 2.17. The molecule has 1 aromatic heterocycles. The van der Waals surface area contributed by atoms with Crippen molar-refractivity contribution >= 4 is 27.3 Å². The molecule has 0 atom stereocenters. The molecule has 1 amide bonds. The molecule has 1 heterocycles. The number of amides is 1. The number of aryl methyl sites for hydroxylation is 1. The molecule has 0 spiro atoms. The average molecular weight is 465 g/mol. The maximum Gasteiger partial charge on any atom is 0.261 e. The number of hydrogen-bond donors (Lipinski definition) is 2. The Kier molecular flexibility index (Phi) is 5.97. The predicted octanol–water partition coefficient (Wildman–Crippen LogP) is 4.68. The standard InChI is InChI=1S/C24H21FN4O3S/c1-16-4-3-5-21(14-16)29-17(2)23(15-26-29)24(30)27-19-8-10-20(11-9-19)28-33(31,32)22-12-6-18(25)7-13-22/h3-15,28H,1-2H3,(H,27,30). The number of nitrogens with one attached hydrogen (secondary N) is 2. The zero-order valence-electron chi connectivity index (χ0n) is 17.9. The first-order valence-electron chi connectivity index (χ1n) is 10.0. The van der Waals surface area contributed by atoms with E-state index >= 15 is 0 Å². The Labute approximate surface area is 190 Å². The van der Waals surface area contributed by atoms with Crippen molar-refractivity contribution in [2.75, 3.05) is 10.0 Å². The third-order valence-electron chi connectivity index (χ3n) is 5.02. The van der Waals surface area contributed by atoms with Crippen molar-refractivity contribution in [3.05, 3.63) is 102 Å². The van der Waals surface area contributed by atoms with Crippen LogP contribution in [0.2, 0.25) is 0 Å². The first-order valence-corrected chi connectivity index (χ1v) is 11.5. The Morgan fingerprint density at radius 1 is 0.939 bits per heavy atom. The molecular weight excluding hydrogens is 443 g/mol. The first-order chi connectivity index (χ1) is 15.7. The third-order valence-corrected chi connectivity index (χ3v) is 6.42. The number of aromatic nitrogens is 2. The molecule has 0 aliphatic heterocycles. The van der Waals surface area contributed by atoms with E-state index in [4.69, 9.17) is 0 Å². The fourth-order valence-electron chi connectivity index (χ4n) is 3.30. The van der Waals surface area contributed by atoms with E-state index in [1.165, 1.54) is 30.5 Å². The summed E-state index contributed by atoms with van der Waals surface area (Å²) in [5.41, 5.74) is 3.88. The Balaban J connectivity index is 1.46. The van der Waals surface area contributed by atoms with Crippen LogP contribution in [0.3, 0.4) is 0 Å². The molecule has 0 radical (unpaired) electrons. The molecule has 4 rings (SSSR count). The van der Waals surface area contributed by atoms with Crippen molar-refractivity contribution in [1.29, 1.82) is 0 Å². The number of sulfonamides is 1. The van der Waals surface area contributed by atoms with Gasteiger partial charge in [-0.1, -0.05) is 12.1 Å². The highest BCUT2D eigenvalue weighted by Crippen LogP contribution is 2.20. The van der Waals surface area contributed by atoms with Crippen molar-refractivity contribution < 1.29 is 17.6 Å². The highest BCUT2D eigenvalue weighted by molar-refractivity contribution is 7.92. The normalized spacial score (nSPS) is 11.2. The highest BCUT2D eigenvalue weighted by atomic mass is 32.2. The topological polar surface area (TPSA) is 93.1 Å². The van der Waals surface area contributed by atoms with Crippen molar-refractivity contribution in [3.63, 3.8) is 0 Å². The molecular formula is C24H21FN4O3S. The second-order valence-electron chi connectivity index (χ2n) is 7.49. The molecule has 2 N–H and O–H groups in total. The van der Waals surface area contributed by atoms with Crippen LogP contribution in [-0.2, 0) is 10.0 Å². The summed E-state index contributed by atoms with van der Waals surface area (Å²) in [6, 6.07) is 18.6. The van der Waals surface area contributed by atoms with Crippen molar-refractivity contribution in [2.45, 2.75) is 18.7 Å². The maximum absolute atomic E-state index is 13.0. The van der Waals surface area contributed by atoms with E-state index in [-0.39, 0.29) is 10.8 Å². The minimum absolute atomic E-state index is 0.0534.